The molecule has 59 heavy (non-hydrogen) atoms. The highest BCUT2D eigenvalue weighted by atomic mass is 16.5. The third-order valence-electron chi connectivity index (χ3n) is 11.2. The number of amides is 4. The van der Waals surface area contributed by atoms with E-state index in [0.717, 1.165) is 59.1 Å². The molecule has 0 bridgehead atoms. The van der Waals surface area contributed by atoms with E-state index in [2.05, 4.69) is 25.6 Å². The Labute approximate surface area is 341 Å². The number of nitrogens with one attached hydrogen (secondary N) is 4. The first-order valence-corrected chi connectivity index (χ1v) is 19.8. The fourth-order valence-corrected chi connectivity index (χ4v) is 7.83. The summed E-state index contributed by atoms with van der Waals surface area (Å²) < 4.78 is 14.9. The van der Waals surface area contributed by atoms with Crippen LogP contribution in [0.4, 0.5) is 9.59 Å². The lowest BCUT2D eigenvalue weighted by Gasteiger charge is -2.30. The van der Waals surface area contributed by atoms with Gasteiger partial charge in [0.25, 0.3) is 0 Å². The van der Waals surface area contributed by atoms with Crippen LogP contribution in [0.25, 0.3) is 44.8 Å². The van der Waals surface area contributed by atoms with E-state index in [0.29, 0.717) is 36.1 Å². The molecule has 17 heteroatoms. The molecule has 7 rings (SSSR count). The Balaban J connectivity index is 1.02. The molecule has 0 unspecified atom stereocenters. The van der Waals surface area contributed by atoms with Gasteiger partial charge in [-0.25, -0.2) is 19.6 Å². The maximum absolute atomic E-state index is 13.6. The van der Waals surface area contributed by atoms with Gasteiger partial charge in [0.1, 0.15) is 23.7 Å². The Morgan fingerprint density at radius 2 is 1.25 bits per heavy atom. The molecule has 3 aromatic heterocycles. The number of fused-ring (bicyclic) bond motifs is 1. The normalized spacial score (nSPS) is 18.2. The molecule has 310 valence electrons. The lowest BCUT2D eigenvalue weighted by molar-refractivity contribution is -0.137. The second-order valence-electron chi connectivity index (χ2n) is 15.2. The van der Waals surface area contributed by atoms with Crippen molar-refractivity contribution < 1.29 is 33.4 Å². The van der Waals surface area contributed by atoms with Crippen LogP contribution in [-0.4, -0.2) is 116 Å². The summed E-state index contributed by atoms with van der Waals surface area (Å²) >= 11 is 0. The first-order valence-electron chi connectivity index (χ1n) is 19.8. The van der Waals surface area contributed by atoms with Crippen molar-refractivity contribution in [1.29, 1.82) is 0 Å². The van der Waals surface area contributed by atoms with Gasteiger partial charge in [0.05, 0.1) is 79.1 Å². The highest BCUT2D eigenvalue weighted by Gasteiger charge is 2.39. The van der Waals surface area contributed by atoms with Gasteiger partial charge in [0.2, 0.25) is 11.8 Å². The van der Waals surface area contributed by atoms with Gasteiger partial charge in [0, 0.05) is 31.3 Å². The van der Waals surface area contributed by atoms with Crippen LogP contribution >= 0.6 is 0 Å². The number of alkyl carbamates (subject to hydrolysis) is 2. The minimum Gasteiger partial charge on any atom is -0.453 e. The van der Waals surface area contributed by atoms with Crippen molar-refractivity contribution in [2.75, 3.05) is 34.4 Å². The van der Waals surface area contributed by atoms with Crippen molar-refractivity contribution in [2.24, 2.45) is 5.92 Å². The average molecular weight is 807 g/mol. The van der Waals surface area contributed by atoms with Crippen LogP contribution in [0.1, 0.15) is 70.2 Å². The van der Waals surface area contributed by atoms with E-state index in [1.54, 1.807) is 35.3 Å². The van der Waals surface area contributed by atoms with Crippen LogP contribution in [0.2, 0.25) is 0 Å². The van der Waals surface area contributed by atoms with Crippen LogP contribution in [-0.2, 0) is 23.8 Å². The largest absolute Gasteiger partial charge is 0.453 e. The van der Waals surface area contributed by atoms with Gasteiger partial charge < -0.3 is 44.6 Å². The van der Waals surface area contributed by atoms with Crippen LogP contribution in [0, 0.1) is 5.92 Å². The van der Waals surface area contributed by atoms with Gasteiger partial charge in [-0.05, 0) is 56.2 Å². The Morgan fingerprint density at radius 1 is 0.695 bits per heavy atom. The van der Waals surface area contributed by atoms with E-state index in [1.807, 2.05) is 56.3 Å². The molecule has 2 saturated heterocycles. The number of nitrogens with zero attached hydrogens (tertiary/aromatic N) is 6. The van der Waals surface area contributed by atoms with E-state index in [9.17, 15) is 19.2 Å². The quantitative estimate of drug-likeness (QED) is 0.123. The Bertz CT molecular complexity index is 2290. The lowest BCUT2D eigenvalue weighted by Crippen LogP contribution is -2.54. The third-order valence-corrected chi connectivity index (χ3v) is 11.2. The maximum atomic E-state index is 13.6. The van der Waals surface area contributed by atoms with Crippen molar-refractivity contribution in [1.82, 2.24) is 50.3 Å². The number of aromatic amines is 2. The van der Waals surface area contributed by atoms with Crippen LogP contribution in [0.5, 0.6) is 0 Å². The summed E-state index contributed by atoms with van der Waals surface area (Å²) in [7, 11) is 4.03. The molecule has 0 aliphatic carbocycles. The average Bonchev–Trinajstić information content (AvgIpc) is 4.10. The van der Waals surface area contributed by atoms with Crippen molar-refractivity contribution in [3.63, 3.8) is 0 Å². The molecule has 0 radical (unpaired) electrons. The van der Waals surface area contributed by atoms with E-state index in [4.69, 9.17) is 29.2 Å². The zero-order valence-electron chi connectivity index (χ0n) is 34.0. The minimum absolute atomic E-state index is 0.121. The monoisotopic (exact) mass is 806 g/mol. The summed E-state index contributed by atoms with van der Waals surface area (Å²) in [6.45, 7) is 6.62. The second kappa shape index (κ2) is 17.6. The van der Waals surface area contributed by atoms with Crippen molar-refractivity contribution in [3.05, 3.63) is 72.7 Å². The number of H-pyrrole nitrogens is 2. The van der Waals surface area contributed by atoms with Crippen molar-refractivity contribution in [2.45, 2.75) is 76.7 Å². The summed E-state index contributed by atoms with van der Waals surface area (Å²) in [6, 6.07) is 11.7. The highest BCUT2D eigenvalue weighted by molar-refractivity contribution is 5.88. The fraction of sp³-hybridized carbons (Fsp3) is 0.429. The summed E-state index contributed by atoms with van der Waals surface area (Å²) in [5.74, 6) is 0.833. The third kappa shape index (κ3) is 8.60. The molecule has 2 aliphatic heterocycles. The second-order valence-corrected chi connectivity index (χ2v) is 15.2. The van der Waals surface area contributed by atoms with E-state index in [1.165, 1.54) is 21.3 Å². The molecule has 5 aromatic rings. The summed E-state index contributed by atoms with van der Waals surface area (Å²) in [4.78, 5) is 80.5. The van der Waals surface area contributed by atoms with E-state index in [-0.39, 0.29) is 29.8 Å². The number of carbonyl (C=O) groups excluding carboxylic acids is 4. The van der Waals surface area contributed by atoms with Crippen LogP contribution in [0.15, 0.2) is 61.1 Å². The number of aromatic nitrogens is 6. The maximum Gasteiger partial charge on any atom is 0.407 e. The lowest BCUT2D eigenvalue weighted by atomic mass is 10.0. The first-order chi connectivity index (χ1) is 28.5. The summed E-state index contributed by atoms with van der Waals surface area (Å²) in [5, 5.41) is 5.31. The van der Waals surface area contributed by atoms with Gasteiger partial charge >= 0.3 is 12.2 Å². The number of methoxy groups -OCH3 is 3. The molecule has 4 amide bonds. The van der Waals surface area contributed by atoms with Crippen LogP contribution < -0.4 is 10.6 Å². The Hall–Kier alpha value is -6.36. The first kappa shape index (κ1) is 40.8. The van der Waals surface area contributed by atoms with E-state index < -0.39 is 30.4 Å². The molecule has 0 spiro atoms. The summed E-state index contributed by atoms with van der Waals surface area (Å²) in [6.07, 6.45) is 6.47. The zero-order chi connectivity index (χ0) is 41.8. The molecular weight excluding hydrogens is 757 g/mol. The number of hydrogen-bond donors (Lipinski definition) is 4. The SMILES string of the molecule is COC(=O)N[C@H](C(=O)N1CCC[C@H]1c1nc2ccc(-c3cnc(-c4ccc(-c5cnc([C@@H]6CCCN6C(=O)[C@@H](NC(=O)OC)[C@@H](C)OC)[nH]5)cc4)cn3)cc2[nH]1)C(C)C. The molecule has 5 atom stereocenters. The van der Waals surface area contributed by atoms with Gasteiger partial charge in [-0.1, -0.05) is 44.2 Å². The number of carbonyl (C=O) groups is 4. The van der Waals surface area contributed by atoms with Crippen LogP contribution in [0.3, 0.4) is 0 Å². The van der Waals surface area contributed by atoms with Gasteiger partial charge in [0.15, 0.2) is 0 Å². The Kier molecular flexibility index (Phi) is 12.2. The standard InChI is InChI=1S/C42H50N10O7/c1-23(2)35(49-41(55)58-5)39(53)52-18-8-10-34(52)38-46-28-16-15-27(19-29(28)47-38)31-21-43-30(20-44-31)25-11-13-26(14-12-25)32-22-45-37(48-32)33-9-7-17-51(33)40(54)36(24(3)57-4)50-42(56)59-6/h11-16,19-24,33-36H,7-10,17-18H2,1-6H3,(H,45,48)(H,46,47)(H,49,55)(H,50,56)/t24-,33+,34+,35+,36+/m1/s1. The Morgan fingerprint density at radius 3 is 1.85 bits per heavy atom. The predicted octanol–water partition coefficient (Wildman–Crippen LogP) is 5.54. The van der Waals surface area contributed by atoms with Gasteiger partial charge in [-0.3, -0.25) is 19.6 Å². The number of ether oxygens (including phenoxy) is 3. The molecule has 2 aromatic carbocycles. The number of imidazole rings is 2. The van der Waals surface area contributed by atoms with Gasteiger partial charge in [-0.2, -0.15) is 0 Å². The number of likely N-dealkylation sites (tertiary alicyclic amines) is 2. The molecule has 17 nitrogen and oxygen atoms in total. The molecule has 2 aliphatic rings. The fourth-order valence-electron chi connectivity index (χ4n) is 7.83. The number of rotatable bonds is 12. The predicted molar refractivity (Wildman–Crippen MR) is 217 cm³/mol. The number of hydrogen-bond acceptors (Lipinski definition) is 11. The number of benzene rings is 2. The molecule has 2 fully saturated rings. The van der Waals surface area contributed by atoms with Crippen molar-refractivity contribution in [3.8, 4) is 33.8 Å². The zero-order valence-corrected chi connectivity index (χ0v) is 34.0. The smallest absolute Gasteiger partial charge is 0.407 e. The minimum atomic E-state index is -0.906. The van der Waals surface area contributed by atoms with Gasteiger partial charge in [-0.15, -0.1) is 0 Å². The molecule has 5 heterocycles. The topological polar surface area (TPSA) is 210 Å². The van der Waals surface area contributed by atoms with E-state index >= 15 is 0 Å². The van der Waals surface area contributed by atoms with Crippen molar-refractivity contribution >= 4 is 35.0 Å². The molecule has 0 saturated carbocycles. The summed E-state index contributed by atoms with van der Waals surface area (Å²) in [5.41, 5.74) is 6.49. The molecule has 4 N–H and O–H groups in total. The highest BCUT2D eigenvalue weighted by Crippen LogP contribution is 2.35. The molecular formula is C42H50N10O7.